The molecule has 60 valence electrons. The fourth-order valence-electron chi connectivity index (χ4n) is 0.586. The number of hydrogen-bond donors (Lipinski definition) is 2. The molecule has 11 heavy (non-hydrogen) atoms. The number of carboxylic acid groups (broad SMARTS) is 1. The van der Waals surface area contributed by atoms with Crippen molar-refractivity contribution in [1.82, 2.24) is 20.2 Å². The molecule has 1 aromatic heterocycles. The van der Waals surface area contributed by atoms with E-state index in [0.717, 1.165) is 11.0 Å². The molecule has 1 rings (SSSR count). The molecule has 0 fully saturated rings. The molecule has 1 atom stereocenters. The SMILES string of the molecule is O=C(O)C(CO)n1cnnn1. The lowest BCUT2D eigenvalue weighted by Gasteiger charge is -2.05. The summed E-state index contributed by atoms with van der Waals surface area (Å²) in [6.07, 6.45) is 1.13. The van der Waals surface area contributed by atoms with Crippen molar-refractivity contribution in [3.63, 3.8) is 0 Å². The zero-order chi connectivity index (χ0) is 8.27. The Bertz CT molecular complexity index is 233. The Morgan fingerprint density at radius 1 is 1.73 bits per heavy atom. The zero-order valence-electron chi connectivity index (χ0n) is 5.45. The second-order valence-corrected chi connectivity index (χ2v) is 1.83. The molecular formula is C4H6N4O3. The predicted molar refractivity (Wildman–Crippen MR) is 31.6 cm³/mol. The van der Waals surface area contributed by atoms with Crippen LogP contribution in [0.5, 0.6) is 0 Å². The molecule has 0 aliphatic carbocycles. The summed E-state index contributed by atoms with van der Waals surface area (Å²) in [5.74, 6) is -1.17. The van der Waals surface area contributed by atoms with Gasteiger partial charge in [-0.2, -0.15) is 0 Å². The minimum atomic E-state index is -1.17. The minimum absolute atomic E-state index is 0.527. The lowest BCUT2D eigenvalue weighted by Crippen LogP contribution is -2.23. The van der Waals surface area contributed by atoms with Crippen molar-refractivity contribution in [2.24, 2.45) is 0 Å². The van der Waals surface area contributed by atoms with Gasteiger partial charge in [-0.1, -0.05) is 0 Å². The van der Waals surface area contributed by atoms with Gasteiger partial charge in [0, 0.05) is 0 Å². The Kier molecular flexibility index (Phi) is 2.12. The number of tetrazole rings is 1. The molecule has 0 amide bonds. The first kappa shape index (κ1) is 7.61. The van der Waals surface area contributed by atoms with E-state index in [4.69, 9.17) is 10.2 Å². The molecular weight excluding hydrogens is 152 g/mol. The van der Waals surface area contributed by atoms with Gasteiger partial charge in [-0.15, -0.1) is 5.10 Å². The average Bonchev–Trinajstić information content (AvgIpc) is 2.40. The van der Waals surface area contributed by atoms with Crippen LogP contribution in [0.15, 0.2) is 6.33 Å². The molecule has 0 saturated carbocycles. The van der Waals surface area contributed by atoms with Crippen LogP contribution in [0, 0.1) is 0 Å². The molecule has 0 bridgehead atoms. The van der Waals surface area contributed by atoms with Crippen LogP contribution >= 0.6 is 0 Å². The third-order valence-corrected chi connectivity index (χ3v) is 1.14. The van der Waals surface area contributed by atoms with Crippen LogP contribution in [0.4, 0.5) is 0 Å². The van der Waals surface area contributed by atoms with Crippen LogP contribution in [0.2, 0.25) is 0 Å². The van der Waals surface area contributed by atoms with E-state index in [1.165, 1.54) is 0 Å². The molecule has 0 saturated heterocycles. The number of aliphatic hydroxyl groups is 1. The maximum atomic E-state index is 10.4. The van der Waals surface area contributed by atoms with E-state index in [1.807, 2.05) is 0 Å². The summed E-state index contributed by atoms with van der Waals surface area (Å²) in [7, 11) is 0. The predicted octanol–water partition coefficient (Wildman–Crippen LogP) is -1.71. The van der Waals surface area contributed by atoms with E-state index in [2.05, 4.69) is 15.5 Å². The van der Waals surface area contributed by atoms with E-state index in [1.54, 1.807) is 0 Å². The molecule has 0 radical (unpaired) electrons. The summed E-state index contributed by atoms with van der Waals surface area (Å²) in [4.78, 5) is 10.4. The highest BCUT2D eigenvalue weighted by Crippen LogP contribution is 2.00. The van der Waals surface area contributed by atoms with Gasteiger partial charge in [-0.05, 0) is 10.4 Å². The summed E-state index contributed by atoms with van der Waals surface area (Å²) < 4.78 is 0.975. The van der Waals surface area contributed by atoms with Gasteiger partial charge in [0.2, 0.25) is 0 Å². The monoisotopic (exact) mass is 158 g/mol. The van der Waals surface area contributed by atoms with E-state index in [-0.39, 0.29) is 0 Å². The number of carbonyl (C=O) groups is 1. The first-order valence-corrected chi connectivity index (χ1v) is 2.82. The summed E-state index contributed by atoms with van der Waals surface area (Å²) in [5, 5.41) is 26.8. The Morgan fingerprint density at radius 2 is 2.45 bits per heavy atom. The van der Waals surface area contributed by atoms with Gasteiger partial charge in [-0.3, -0.25) is 0 Å². The summed E-state index contributed by atoms with van der Waals surface area (Å²) in [5.41, 5.74) is 0. The molecule has 0 aromatic carbocycles. The van der Waals surface area contributed by atoms with Gasteiger partial charge in [0.25, 0.3) is 0 Å². The van der Waals surface area contributed by atoms with Gasteiger partial charge < -0.3 is 10.2 Å². The van der Waals surface area contributed by atoms with Gasteiger partial charge in [0.05, 0.1) is 6.61 Å². The highest BCUT2D eigenvalue weighted by molar-refractivity contribution is 5.71. The number of rotatable bonds is 3. The number of aliphatic carboxylic acids is 1. The van der Waals surface area contributed by atoms with Crippen molar-refractivity contribution in [1.29, 1.82) is 0 Å². The third kappa shape index (κ3) is 1.49. The van der Waals surface area contributed by atoms with Crippen molar-refractivity contribution in [2.45, 2.75) is 6.04 Å². The third-order valence-electron chi connectivity index (χ3n) is 1.14. The first-order valence-electron chi connectivity index (χ1n) is 2.82. The fourth-order valence-corrected chi connectivity index (χ4v) is 0.586. The molecule has 7 heteroatoms. The molecule has 1 unspecified atom stereocenters. The molecule has 0 aliphatic heterocycles. The average molecular weight is 158 g/mol. The minimum Gasteiger partial charge on any atom is -0.480 e. The zero-order valence-corrected chi connectivity index (χ0v) is 5.45. The van der Waals surface area contributed by atoms with E-state index in [0.29, 0.717) is 0 Å². The van der Waals surface area contributed by atoms with Gasteiger partial charge in [-0.25, -0.2) is 9.48 Å². The van der Waals surface area contributed by atoms with Crippen LogP contribution in [-0.4, -0.2) is 43.0 Å². The maximum absolute atomic E-state index is 10.4. The Hall–Kier alpha value is -1.50. The Morgan fingerprint density at radius 3 is 2.82 bits per heavy atom. The van der Waals surface area contributed by atoms with Crippen molar-refractivity contribution in [3.05, 3.63) is 6.33 Å². The van der Waals surface area contributed by atoms with Crippen LogP contribution in [0.3, 0.4) is 0 Å². The highest BCUT2D eigenvalue weighted by Gasteiger charge is 2.18. The largest absolute Gasteiger partial charge is 0.480 e. The summed E-state index contributed by atoms with van der Waals surface area (Å²) in [6, 6.07) is -1.09. The molecule has 0 spiro atoms. The van der Waals surface area contributed by atoms with Crippen LogP contribution in [0.1, 0.15) is 6.04 Å². The number of nitrogens with zero attached hydrogens (tertiary/aromatic N) is 4. The summed E-state index contributed by atoms with van der Waals surface area (Å²) >= 11 is 0. The van der Waals surface area contributed by atoms with Crippen molar-refractivity contribution >= 4 is 5.97 Å². The van der Waals surface area contributed by atoms with Gasteiger partial charge in [0.1, 0.15) is 6.33 Å². The fraction of sp³-hybridized carbons (Fsp3) is 0.500. The molecule has 0 aliphatic rings. The molecule has 2 N–H and O–H groups in total. The molecule has 1 aromatic rings. The molecule has 1 heterocycles. The smallest absolute Gasteiger partial charge is 0.331 e. The quantitative estimate of drug-likeness (QED) is 0.543. The lowest BCUT2D eigenvalue weighted by molar-refractivity contribution is -0.142. The highest BCUT2D eigenvalue weighted by atomic mass is 16.4. The van der Waals surface area contributed by atoms with Crippen LogP contribution < -0.4 is 0 Å². The second-order valence-electron chi connectivity index (χ2n) is 1.83. The Balaban J connectivity index is 2.79. The van der Waals surface area contributed by atoms with Gasteiger partial charge in [0.15, 0.2) is 6.04 Å². The normalized spacial score (nSPS) is 12.8. The second kappa shape index (κ2) is 3.06. The van der Waals surface area contributed by atoms with Crippen molar-refractivity contribution < 1.29 is 15.0 Å². The lowest BCUT2D eigenvalue weighted by atomic mass is 10.3. The number of aliphatic hydroxyl groups excluding tert-OH is 1. The van der Waals surface area contributed by atoms with Crippen molar-refractivity contribution in [3.8, 4) is 0 Å². The molecule has 7 nitrogen and oxygen atoms in total. The van der Waals surface area contributed by atoms with Crippen LogP contribution in [-0.2, 0) is 4.79 Å². The van der Waals surface area contributed by atoms with E-state index in [9.17, 15) is 4.79 Å². The van der Waals surface area contributed by atoms with Gasteiger partial charge >= 0.3 is 5.97 Å². The Labute approximate surface area is 61.3 Å². The summed E-state index contributed by atoms with van der Waals surface area (Å²) in [6.45, 7) is -0.527. The van der Waals surface area contributed by atoms with E-state index < -0.39 is 18.6 Å². The topological polar surface area (TPSA) is 101 Å². The van der Waals surface area contributed by atoms with E-state index >= 15 is 0 Å². The van der Waals surface area contributed by atoms with Crippen molar-refractivity contribution in [2.75, 3.05) is 6.61 Å². The maximum Gasteiger partial charge on any atom is 0.331 e. The van der Waals surface area contributed by atoms with Crippen LogP contribution in [0.25, 0.3) is 0 Å². The number of hydrogen-bond acceptors (Lipinski definition) is 5. The first-order chi connectivity index (χ1) is 5.25. The number of carboxylic acids is 1. The number of aromatic nitrogens is 4. The standard InChI is InChI=1S/C4H6N4O3/c9-1-3(4(10)11)8-2-5-6-7-8/h2-3,9H,1H2,(H,10,11).